The van der Waals surface area contributed by atoms with Crippen molar-refractivity contribution in [1.82, 2.24) is 24.6 Å². The molecule has 1 fully saturated rings. The molecule has 4 aromatic rings. The second-order valence-electron chi connectivity index (χ2n) is 8.70. The molecule has 2 aromatic heterocycles. The van der Waals surface area contributed by atoms with Crippen LogP contribution < -0.4 is 9.80 Å². The van der Waals surface area contributed by atoms with Gasteiger partial charge in [0.05, 0.1) is 23.4 Å². The monoisotopic (exact) mass is 457 g/mol. The largest absolute Gasteiger partial charge is 0.463 e. The van der Waals surface area contributed by atoms with E-state index in [-0.39, 0.29) is 0 Å². The van der Waals surface area contributed by atoms with E-state index in [1.165, 1.54) is 23.6 Å². The third kappa shape index (κ3) is 4.55. The van der Waals surface area contributed by atoms with Gasteiger partial charge in [-0.2, -0.15) is 9.78 Å². The molecular formula is C25H27N7O2. The number of hydrogen-bond acceptors (Lipinski definition) is 7. The van der Waals surface area contributed by atoms with Crippen LogP contribution in [0.15, 0.2) is 61.1 Å². The Hall–Kier alpha value is -3.98. The average Bonchev–Trinajstić information content (AvgIpc) is 3.35. The van der Waals surface area contributed by atoms with Crippen molar-refractivity contribution < 1.29 is 9.90 Å². The van der Waals surface area contributed by atoms with Crippen molar-refractivity contribution in [3.05, 3.63) is 66.6 Å². The number of carboxylic acid groups (broad SMARTS) is 1. The minimum absolute atomic E-state index is 0.715. The molecule has 1 saturated heterocycles. The maximum atomic E-state index is 11.1. The van der Waals surface area contributed by atoms with Crippen molar-refractivity contribution in [2.75, 3.05) is 50.1 Å². The topological polar surface area (TPSA) is 90.6 Å². The molecule has 0 unspecified atom stereocenters. The van der Waals surface area contributed by atoms with E-state index in [0.29, 0.717) is 5.56 Å². The summed E-state index contributed by atoms with van der Waals surface area (Å²) in [6.07, 6.45) is 3.67. The number of likely N-dealkylation sites (N-methyl/N-ethyl adjacent to an activating group) is 1. The zero-order chi connectivity index (χ0) is 23.7. The van der Waals surface area contributed by atoms with Crippen LogP contribution in [0.25, 0.3) is 22.2 Å². The maximum Gasteiger partial charge on any atom is 0.432 e. The number of fused-ring (bicyclic) bond motifs is 1. The van der Waals surface area contributed by atoms with Crippen LogP contribution in [0.1, 0.15) is 5.56 Å². The van der Waals surface area contributed by atoms with Crippen LogP contribution in [0, 0.1) is 0 Å². The molecule has 0 atom stereocenters. The zero-order valence-corrected chi connectivity index (χ0v) is 19.3. The fourth-order valence-corrected chi connectivity index (χ4v) is 4.21. The van der Waals surface area contributed by atoms with E-state index in [4.69, 9.17) is 10.1 Å². The predicted octanol–water partition coefficient (Wildman–Crippen LogP) is 3.41. The van der Waals surface area contributed by atoms with Gasteiger partial charge in [0.15, 0.2) is 0 Å². The van der Waals surface area contributed by atoms with Gasteiger partial charge in [0, 0.05) is 57.2 Å². The Morgan fingerprint density at radius 3 is 2.62 bits per heavy atom. The van der Waals surface area contributed by atoms with E-state index < -0.39 is 6.09 Å². The fraction of sp³-hybridized carbons (Fsp3) is 0.280. The molecule has 0 aliphatic carbocycles. The summed E-state index contributed by atoms with van der Waals surface area (Å²) in [5, 5.41) is 12.9. The molecule has 0 bridgehead atoms. The highest BCUT2D eigenvalue weighted by atomic mass is 16.4. The van der Waals surface area contributed by atoms with Crippen molar-refractivity contribution in [3.8, 4) is 11.1 Å². The molecule has 1 aliphatic heterocycles. The van der Waals surface area contributed by atoms with Crippen molar-refractivity contribution in [3.63, 3.8) is 0 Å². The van der Waals surface area contributed by atoms with Gasteiger partial charge in [0.1, 0.15) is 5.82 Å². The summed E-state index contributed by atoms with van der Waals surface area (Å²) in [6, 6.07) is 14.4. The molecule has 174 valence electrons. The average molecular weight is 458 g/mol. The lowest BCUT2D eigenvalue weighted by molar-refractivity contribution is 0.192. The van der Waals surface area contributed by atoms with Crippen LogP contribution in [0.3, 0.4) is 0 Å². The fourth-order valence-electron chi connectivity index (χ4n) is 4.21. The van der Waals surface area contributed by atoms with Crippen LogP contribution in [-0.4, -0.2) is 76.1 Å². The molecular weight excluding hydrogens is 430 g/mol. The normalized spacial score (nSPS) is 14.5. The molecule has 0 saturated carbocycles. The Bertz CT molecular complexity index is 1330. The summed E-state index contributed by atoms with van der Waals surface area (Å²) in [5.41, 5.74) is 5.58. The summed E-state index contributed by atoms with van der Waals surface area (Å²) in [6.45, 7) is 4.99. The number of rotatable bonds is 5. The molecule has 1 aliphatic rings. The Kier molecular flexibility index (Phi) is 5.85. The van der Waals surface area contributed by atoms with E-state index >= 15 is 0 Å². The van der Waals surface area contributed by atoms with E-state index in [0.717, 1.165) is 59.8 Å². The van der Waals surface area contributed by atoms with Crippen molar-refractivity contribution in [1.29, 1.82) is 0 Å². The van der Waals surface area contributed by atoms with Gasteiger partial charge in [-0.15, -0.1) is 0 Å². The van der Waals surface area contributed by atoms with Crippen LogP contribution in [-0.2, 0) is 6.54 Å². The summed E-state index contributed by atoms with van der Waals surface area (Å²) in [4.78, 5) is 27.4. The minimum atomic E-state index is -1.12. The lowest BCUT2D eigenvalue weighted by Crippen LogP contribution is -2.44. The third-order valence-electron chi connectivity index (χ3n) is 6.23. The lowest BCUT2D eigenvalue weighted by atomic mass is 10.1. The summed E-state index contributed by atoms with van der Waals surface area (Å²) in [5.74, 6) is 0.795. The zero-order valence-electron chi connectivity index (χ0n) is 19.3. The van der Waals surface area contributed by atoms with Gasteiger partial charge in [-0.05, 0) is 42.4 Å². The van der Waals surface area contributed by atoms with Crippen LogP contribution in [0.4, 0.5) is 16.3 Å². The molecule has 3 heterocycles. The SMILES string of the molecule is CN1CCN(c2cccc(CN(C)c3cnc4cc(-c5cnn(C(=O)O)c5)ccc4n3)c2)CC1. The van der Waals surface area contributed by atoms with Gasteiger partial charge in [0.25, 0.3) is 0 Å². The van der Waals surface area contributed by atoms with Crippen molar-refractivity contribution in [2.24, 2.45) is 0 Å². The summed E-state index contributed by atoms with van der Waals surface area (Å²) in [7, 11) is 4.19. The second kappa shape index (κ2) is 9.11. The van der Waals surface area contributed by atoms with Crippen molar-refractivity contribution in [2.45, 2.75) is 6.54 Å². The molecule has 0 radical (unpaired) electrons. The number of nitrogens with zero attached hydrogens (tertiary/aromatic N) is 7. The highest BCUT2D eigenvalue weighted by molar-refractivity contribution is 5.82. The number of hydrogen-bond donors (Lipinski definition) is 1. The molecule has 1 N–H and O–H groups in total. The van der Waals surface area contributed by atoms with Crippen molar-refractivity contribution >= 4 is 28.6 Å². The first-order chi connectivity index (χ1) is 16.5. The van der Waals surface area contributed by atoms with Gasteiger partial charge < -0.3 is 19.8 Å². The Balaban J connectivity index is 1.32. The number of anilines is 2. The summed E-state index contributed by atoms with van der Waals surface area (Å²) < 4.78 is 0.891. The highest BCUT2D eigenvalue weighted by Crippen LogP contribution is 2.25. The first-order valence-corrected chi connectivity index (χ1v) is 11.2. The van der Waals surface area contributed by atoms with Gasteiger partial charge in [-0.3, -0.25) is 4.98 Å². The minimum Gasteiger partial charge on any atom is -0.463 e. The first kappa shape index (κ1) is 21.8. The molecule has 2 aromatic carbocycles. The third-order valence-corrected chi connectivity index (χ3v) is 6.23. The highest BCUT2D eigenvalue weighted by Gasteiger charge is 2.15. The Morgan fingerprint density at radius 1 is 1.03 bits per heavy atom. The Morgan fingerprint density at radius 2 is 1.85 bits per heavy atom. The maximum absolute atomic E-state index is 11.1. The molecule has 9 heteroatoms. The smallest absolute Gasteiger partial charge is 0.432 e. The molecule has 0 amide bonds. The number of carbonyl (C=O) groups is 1. The van der Waals surface area contributed by atoms with E-state index in [1.807, 2.05) is 25.2 Å². The number of benzene rings is 2. The van der Waals surface area contributed by atoms with Crippen LogP contribution >= 0.6 is 0 Å². The van der Waals surface area contributed by atoms with E-state index in [2.05, 4.69) is 56.1 Å². The predicted molar refractivity (Wildman–Crippen MR) is 132 cm³/mol. The Labute approximate surface area is 197 Å². The lowest BCUT2D eigenvalue weighted by Gasteiger charge is -2.34. The first-order valence-electron chi connectivity index (χ1n) is 11.2. The quantitative estimate of drug-likeness (QED) is 0.488. The van der Waals surface area contributed by atoms with Gasteiger partial charge in [-0.25, -0.2) is 9.78 Å². The second-order valence-corrected chi connectivity index (χ2v) is 8.70. The molecule has 9 nitrogen and oxygen atoms in total. The molecule has 34 heavy (non-hydrogen) atoms. The van der Waals surface area contributed by atoms with Gasteiger partial charge in [0.2, 0.25) is 0 Å². The molecule has 0 spiro atoms. The van der Waals surface area contributed by atoms with Crippen LogP contribution in [0.2, 0.25) is 0 Å². The standard InChI is InChI=1S/C25H27N7O2/c1-29-8-10-31(11-9-29)21-5-3-4-18(12-21)16-30(2)24-15-26-23-13-19(6-7-22(23)28-24)20-14-27-32(17-20)25(33)34/h3-7,12-15,17H,8-11,16H2,1-2H3,(H,33,34). The van der Waals surface area contributed by atoms with Gasteiger partial charge in [-0.1, -0.05) is 18.2 Å². The van der Waals surface area contributed by atoms with Gasteiger partial charge >= 0.3 is 6.09 Å². The number of piperazine rings is 1. The summed E-state index contributed by atoms with van der Waals surface area (Å²) >= 11 is 0. The van der Waals surface area contributed by atoms with E-state index in [9.17, 15) is 4.79 Å². The molecule has 5 rings (SSSR count). The van der Waals surface area contributed by atoms with E-state index in [1.54, 1.807) is 6.20 Å². The van der Waals surface area contributed by atoms with Crippen LogP contribution in [0.5, 0.6) is 0 Å². The number of aromatic nitrogens is 4.